The lowest BCUT2D eigenvalue weighted by Gasteiger charge is -2.37. The van der Waals surface area contributed by atoms with Crippen molar-refractivity contribution in [3.63, 3.8) is 0 Å². The van der Waals surface area contributed by atoms with Crippen molar-refractivity contribution < 1.29 is 9.50 Å². The van der Waals surface area contributed by atoms with E-state index in [1.54, 1.807) is 18.3 Å². The van der Waals surface area contributed by atoms with Crippen LogP contribution in [0.15, 0.2) is 53.4 Å². The maximum absolute atomic E-state index is 14.8. The van der Waals surface area contributed by atoms with E-state index in [2.05, 4.69) is 46.3 Å². The Kier molecular flexibility index (Phi) is 7.86. The number of piperazine rings is 1. The summed E-state index contributed by atoms with van der Waals surface area (Å²) in [5.74, 6) is 0.707. The first-order valence-electron chi connectivity index (χ1n) is 11.9. The van der Waals surface area contributed by atoms with Crippen molar-refractivity contribution in [2.75, 3.05) is 25.0 Å². The van der Waals surface area contributed by atoms with Crippen molar-refractivity contribution in [2.24, 2.45) is 11.8 Å². The van der Waals surface area contributed by atoms with Gasteiger partial charge in [0.1, 0.15) is 11.6 Å². The predicted octanol–water partition coefficient (Wildman–Crippen LogP) is 5.10. The molecule has 2 aliphatic rings. The van der Waals surface area contributed by atoms with E-state index in [9.17, 15) is 9.50 Å². The average Bonchev–Trinajstić information content (AvgIpc) is 2.81. The van der Waals surface area contributed by atoms with Gasteiger partial charge in [-0.1, -0.05) is 30.7 Å². The van der Waals surface area contributed by atoms with Crippen molar-refractivity contribution >= 4 is 17.5 Å². The number of nitrogens with one attached hydrogen (secondary N) is 2. The Labute approximate surface area is 205 Å². The molecule has 0 radical (unpaired) electrons. The van der Waals surface area contributed by atoms with Crippen molar-refractivity contribution in [3.8, 4) is 11.3 Å². The van der Waals surface area contributed by atoms with Gasteiger partial charge in [-0.05, 0) is 61.9 Å². The number of hydrogen-bond acceptors (Lipinski definition) is 6. The molecule has 1 aliphatic carbocycles. The van der Waals surface area contributed by atoms with E-state index in [1.807, 2.05) is 18.2 Å². The number of nitrogens with zero attached hydrogens (tertiary/aromatic N) is 3. The van der Waals surface area contributed by atoms with Gasteiger partial charge in [-0.25, -0.2) is 14.4 Å². The Hall–Kier alpha value is -2.48. The summed E-state index contributed by atoms with van der Waals surface area (Å²) >= 11 is 6.07. The summed E-state index contributed by atoms with van der Waals surface area (Å²) in [6, 6.07) is 7.89. The minimum Gasteiger partial charge on any atom is -0.507 e. The number of allylic oxidation sites excluding steroid dienone is 3. The van der Waals surface area contributed by atoms with Crippen molar-refractivity contribution in [1.82, 2.24) is 20.2 Å². The summed E-state index contributed by atoms with van der Waals surface area (Å²) in [6.45, 7) is 9.77. The van der Waals surface area contributed by atoms with Crippen LogP contribution >= 0.6 is 11.6 Å². The number of benzene rings is 1. The van der Waals surface area contributed by atoms with Gasteiger partial charge in [-0.15, -0.1) is 0 Å². The molecule has 182 valence electrons. The van der Waals surface area contributed by atoms with Gasteiger partial charge in [0, 0.05) is 50.0 Å². The van der Waals surface area contributed by atoms with Gasteiger partial charge >= 0.3 is 0 Å². The Morgan fingerprint density at radius 2 is 2.06 bits per heavy atom. The average molecular weight is 486 g/mol. The first kappa shape index (κ1) is 24.6. The second kappa shape index (κ2) is 10.8. The van der Waals surface area contributed by atoms with Crippen molar-refractivity contribution in [2.45, 2.75) is 45.8 Å². The molecule has 1 fully saturated rings. The van der Waals surface area contributed by atoms with Crippen LogP contribution in [0.4, 0.5) is 10.3 Å². The van der Waals surface area contributed by atoms with Crippen LogP contribution in [0.2, 0.25) is 0 Å². The Balaban J connectivity index is 1.42. The SMILES string of the molecule is CC1CN(Cc2ccc(F)c(-c3ccnc(NCCC4C=C(Cl)C(O)=CC4C)n3)c2)C(C)CN1. The number of halogens is 2. The summed E-state index contributed by atoms with van der Waals surface area (Å²) in [6.07, 6.45) is 6.13. The highest BCUT2D eigenvalue weighted by atomic mass is 35.5. The molecule has 0 saturated carbocycles. The van der Waals surface area contributed by atoms with Gasteiger partial charge in [-0.2, -0.15) is 0 Å². The van der Waals surface area contributed by atoms with Crippen LogP contribution in [0.5, 0.6) is 0 Å². The molecule has 4 rings (SSSR count). The van der Waals surface area contributed by atoms with E-state index < -0.39 is 0 Å². The monoisotopic (exact) mass is 485 g/mol. The van der Waals surface area contributed by atoms with Gasteiger partial charge in [-0.3, -0.25) is 4.90 Å². The van der Waals surface area contributed by atoms with E-state index in [1.165, 1.54) is 6.07 Å². The first-order chi connectivity index (χ1) is 16.3. The zero-order chi connectivity index (χ0) is 24.2. The standard InChI is InChI=1S/C26H33ClFN5O/c1-16-10-25(34)22(27)12-20(16)6-8-29-26-30-9-7-24(32-26)21-11-19(4-5-23(21)28)15-33-14-17(2)31-13-18(33)3/h4-5,7,9-12,16-18,20,31,34H,6,8,13-15H2,1-3H3,(H,29,30,32). The molecule has 6 nitrogen and oxygen atoms in total. The van der Waals surface area contributed by atoms with Gasteiger partial charge in [0.05, 0.1) is 10.7 Å². The fourth-order valence-corrected chi connectivity index (χ4v) is 4.81. The molecule has 0 amide bonds. The number of aromatic nitrogens is 2. The van der Waals surface area contributed by atoms with Crippen LogP contribution in [0.1, 0.15) is 32.8 Å². The number of aliphatic hydroxyl groups excluding tert-OH is 1. The Morgan fingerprint density at radius 3 is 2.88 bits per heavy atom. The molecule has 4 unspecified atom stereocenters. The van der Waals surface area contributed by atoms with Gasteiger partial charge in [0.25, 0.3) is 0 Å². The molecule has 1 aromatic heterocycles. The maximum Gasteiger partial charge on any atom is 0.223 e. The molecule has 1 aliphatic heterocycles. The molecule has 0 spiro atoms. The Bertz CT molecular complexity index is 1070. The molecular formula is C26H33ClFN5O. The molecule has 2 heterocycles. The van der Waals surface area contributed by atoms with Crippen LogP contribution in [0, 0.1) is 17.7 Å². The quantitative estimate of drug-likeness (QED) is 0.507. The highest BCUT2D eigenvalue weighted by molar-refractivity contribution is 6.31. The lowest BCUT2D eigenvalue weighted by atomic mass is 9.87. The highest BCUT2D eigenvalue weighted by Crippen LogP contribution is 2.30. The molecule has 0 bridgehead atoms. The van der Waals surface area contributed by atoms with Gasteiger partial charge in [0.15, 0.2) is 0 Å². The largest absolute Gasteiger partial charge is 0.507 e. The number of anilines is 1. The van der Waals surface area contributed by atoms with E-state index >= 15 is 0 Å². The number of rotatable bonds is 7. The number of aliphatic hydroxyl groups is 1. The summed E-state index contributed by atoms with van der Waals surface area (Å²) in [5.41, 5.74) is 2.10. The lowest BCUT2D eigenvalue weighted by molar-refractivity contribution is 0.139. The van der Waals surface area contributed by atoms with Crippen LogP contribution in [0.25, 0.3) is 11.3 Å². The third-order valence-corrected chi connectivity index (χ3v) is 7.02. The van der Waals surface area contributed by atoms with Crippen molar-refractivity contribution in [3.05, 3.63) is 64.8 Å². The summed E-state index contributed by atoms with van der Waals surface area (Å²) in [5, 5.41) is 16.9. The third kappa shape index (κ3) is 5.95. The molecule has 4 atom stereocenters. The predicted molar refractivity (Wildman–Crippen MR) is 135 cm³/mol. The van der Waals surface area contributed by atoms with E-state index in [0.717, 1.165) is 31.6 Å². The highest BCUT2D eigenvalue weighted by Gasteiger charge is 2.23. The second-order valence-corrected chi connectivity index (χ2v) is 9.88. The summed E-state index contributed by atoms with van der Waals surface area (Å²) < 4.78 is 14.8. The fraction of sp³-hybridized carbons (Fsp3) is 0.462. The molecular weight excluding hydrogens is 453 g/mol. The molecule has 34 heavy (non-hydrogen) atoms. The molecule has 1 saturated heterocycles. The smallest absolute Gasteiger partial charge is 0.223 e. The van der Waals surface area contributed by atoms with Gasteiger partial charge < -0.3 is 15.7 Å². The minimum atomic E-state index is -0.294. The van der Waals surface area contributed by atoms with Crippen molar-refractivity contribution in [1.29, 1.82) is 0 Å². The second-order valence-electron chi connectivity index (χ2n) is 9.47. The molecule has 2 aromatic rings. The summed E-state index contributed by atoms with van der Waals surface area (Å²) in [7, 11) is 0. The van der Waals surface area contributed by atoms with E-state index in [-0.39, 0.29) is 23.4 Å². The first-order valence-corrected chi connectivity index (χ1v) is 12.3. The zero-order valence-electron chi connectivity index (χ0n) is 19.9. The zero-order valence-corrected chi connectivity index (χ0v) is 20.7. The normalized spacial score (nSPS) is 25.6. The third-order valence-electron chi connectivity index (χ3n) is 6.70. The van der Waals surface area contributed by atoms with Crippen LogP contribution in [-0.4, -0.2) is 51.7 Å². The van der Waals surface area contributed by atoms with Crippen LogP contribution < -0.4 is 10.6 Å². The van der Waals surface area contributed by atoms with E-state index in [4.69, 9.17) is 11.6 Å². The molecule has 8 heteroatoms. The van der Waals surface area contributed by atoms with Crippen LogP contribution in [0.3, 0.4) is 0 Å². The molecule has 3 N–H and O–H groups in total. The maximum atomic E-state index is 14.8. The van der Waals surface area contributed by atoms with Crippen LogP contribution in [-0.2, 0) is 6.54 Å². The summed E-state index contributed by atoms with van der Waals surface area (Å²) in [4.78, 5) is 11.3. The van der Waals surface area contributed by atoms with Gasteiger partial charge in [0.2, 0.25) is 5.95 Å². The fourth-order valence-electron chi connectivity index (χ4n) is 4.59. The topological polar surface area (TPSA) is 73.3 Å². The molecule has 1 aromatic carbocycles. The Morgan fingerprint density at radius 1 is 1.24 bits per heavy atom. The lowest BCUT2D eigenvalue weighted by Crippen LogP contribution is -2.53. The number of hydrogen-bond donors (Lipinski definition) is 3. The van der Waals surface area contributed by atoms with E-state index in [0.29, 0.717) is 40.9 Å². The minimum absolute atomic E-state index is 0.139.